The van der Waals surface area contributed by atoms with E-state index in [-0.39, 0.29) is 5.92 Å². The van der Waals surface area contributed by atoms with Crippen molar-refractivity contribution < 1.29 is 9.53 Å². The number of hydrogen-bond acceptors (Lipinski definition) is 5. The van der Waals surface area contributed by atoms with Crippen molar-refractivity contribution in [2.24, 2.45) is 13.0 Å². The molecule has 2 aliphatic rings. The Hall–Kier alpha value is -2.44. The van der Waals surface area contributed by atoms with E-state index < -0.39 is 0 Å². The molecule has 7 heteroatoms. The minimum absolute atomic E-state index is 0.210. The zero-order valence-electron chi connectivity index (χ0n) is 15.2. The summed E-state index contributed by atoms with van der Waals surface area (Å²) < 4.78 is 7.65. The van der Waals surface area contributed by atoms with Crippen LogP contribution >= 0.6 is 0 Å². The quantitative estimate of drug-likeness (QED) is 0.841. The second-order valence-electron chi connectivity index (χ2n) is 7.17. The van der Waals surface area contributed by atoms with Crippen molar-refractivity contribution in [3.8, 4) is 5.88 Å². The zero-order chi connectivity index (χ0) is 17.9. The van der Waals surface area contributed by atoms with Crippen LogP contribution in [0.5, 0.6) is 5.88 Å². The van der Waals surface area contributed by atoms with Gasteiger partial charge in [-0.15, -0.1) is 0 Å². The summed E-state index contributed by atoms with van der Waals surface area (Å²) in [6.07, 6.45) is 11.4. The second-order valence-corrected chi connectivity index (χ2v) is 7.17. The van der Waals surface area contributed by atoms with E-state index in [2.05, 4.69) is 15.1 Å². The highest BCUT2D eigenvalue weighted by molar-refractivity contribution is 5.79. The highest BCUT2D eigenvalue weighted by Gasteiger charge is 2.31. The second kappa shape index (κ2) is 7.43. The number of carbonyl (C=O) groups is 1. The van der Waals surface area contributed by atoms with E-state index in [1.807, 2.05) is 16.6 Å². The van der Waals surface area contributed by atoms with Crippen molar-refractivity contribution in [1.82, 2.24) is 24.6 Å². The number of hydrogen-bond donors (Lipinski definition) is 0. The number of aryl methyl sites for hydroxylation is 1. The lowest BCUT2D eigenvalue weighted by atomic mass is 9.87. The highest BCUT2D eigenvalue weighted by Crippen LogP contribution is 2.29. The molecule has 0 saturated heterocycles. The molecule has 138 valence electrons. The fourth-order valence-corrected chi connectivity index (χ4v) is 4.08. The summed E-state index contributed by atoms with van der Waals surface area (Å²) in [5, 5.41) is 4.62. The predicted molar refractivity (Wildman–Crippen MR) is 95.3 cm³/mol. The number of ether oxygens (including phenoxy) is 1. The van der Waals surface area contributed by atoms with Gasteiger partial charge in [-0.25, -0.2) is 4.98 Å². The summed E-state index contributed by atoms with van der Waals surface area (Å²) in [6, 6.07) is 0. The molecule has 0 N–H and O–H groups in total. The number of aromatic nitrogens is 4. The van der Waals surface area contributed by atoms with Gasteiger partial charge in [0, 0.05) is 56.1 Å². The molecule has 2 aromatic rings. The first-order chi connectivity index (χ1) is 12.7. The maximum Gasteiger partial charge on any atom is 0.232 e. The summed E-state index contributed by atoms with van der Waals surface area (Å²) >= 11 is 0. The first-order valence-electron chi connectivity index (χ1n) is 9.43. The SMILES string of the molecule is Cn1nc(COc2cnccn2)c2c1CCN(C(=O)C1CCCCC1)C2. The summed E-state index contributed by atoms with van der Waals surface area (Å²) in [4.78, 5) is 23.1. The molecule has 3 heterocycles. The van der Waals surface area contributed by atoms with Crippen LogP contribution in [0.1, 0.15) is 49.1 Å². The standard InChI is InChI=1S/C19H25N5O2/c1-23-17-7-10-24(19(25)14-5-3-2-4-6-14)12-15(17)16(22-23)13-26-18-11-20-8-9-21-18/h8-9,11,14H,2-7,10,12-13H2,1H3. The van der Waals surface area contributed by atoms with Gasteiger partial charge >= 0.3 is 0 Å². The lowest BCUT2D eigenvalue weighted by molar-refractivity contribution is -0.137. The van der Waals surface area contributed by atoms with Gasteiger partial charge < -0.3 is 9.64 Å². The minimum Gasteiger partial charge on any atom is -0.470 e. The van der Waals surface area contributed by atoms with E-state index in [1.54, 1.807) is 18.6 Å². The Morgan fingerprint density at radius 2 is 2.12 bits per heavy atom. The van der Waals surface area contributed by atoms with E-state index in [0.717, 1.165) is 37.1 Å². The molecule has 0 atom stereocenters. The first kappa shape index (κ1) is 17.0. The normalized spacial score (nSPS) is 17.8. The molecule has 1 saturated carbocycles. The molecular formula is C19H25N5O2. The van der Waals surface area contributed by atoms with Crippen molar-refractivity contribution in [1.29, 1.82) is 0 Å². The van der Waals surface area contributed by atoms with Crippen LogP contribution in [0.3, 0.4) is 0 Å². The Labute approximate surface area is 153 Å². The lowest BCUT2D eigenvalue weighted by Gasteiger charge is -2.32. The number of carbonyl (C=O) groups excluding carboxylic acids is 1. The highest BCUT2D eigenvalue weighted by atomic mass is 16.5. The molecule has 4 rings (SSSR count). The van der Waals surface area contributed by atoms with E-state index in [0.29, 0.717) is 24.9 Å². The van der Waals surface area contributed by atoms with Gasteiger partial charge in [-0.1, -0.05) is 19.3 Å². The van der Waals surface area contributed by atoms with Crippen molar-refractivity contribution in [2.45, 2.75) is 51.7 Å². The van der Waals surface area contributed by atoms with Gasteiger partial charge in [0.2, 0.25) is 11.8 Å². The van der Waals surface area contributed by atoms with Gasteiger partial charge in [0.25, 0.3) is 0 Å². The van der Waals surface area contributed by atoms with Gasteiger partial charge in [0.05, 0.1) is 6.20 Å². The first-order valence-corrected chi connectivity index (χ1v) is 9.43. The molecule has 26 heavy (non-hydrogen) atoms. The smallest absolute Gasteiger partial charge is 0.232 e. The fourth-order valence-electron chi connectivity index (χ4n) is 4.08. The van der Waals surface area contributed by atoms with Crippen LogP contribution in [-0.4, -0.2) is 37.1 Å². The Morgan fingerprint density at radius 3 is 2.88 bits per heavy atom. The molecule has 0 aromatic carbocycles. The van der Waals surface area contributed by atoms with E-state index in [9.17, 15) is 4.79 Å². The Balaban J connectivity index is 1.47. The molecule has 7 nitrogen and oxygen atoms in total. The van der Waals surface area contributed by atoms with Gasteiger partial charge in [-0.05, 0) is 12.8 Å². The van der Waals surface area contributed by atoms with Crippen molar-refractivity contribution >= 4 is 5.91 Å². The van der Waals surface area contributed by atoms with Crippen LogP contribution in [0, 0.1) is 5.92 Å². The van der Waals surface area contributed by atoms with Crippen LogP contribution in [0.15, 0.2) is 18.6 Å². The van der Waals surface area contributed by atoms with Gasteiger partial charge in [-0.2, -0.15) is 5.10 Å². The molecule has 1 aliphatic heterocycles. The lowest BCUT2D eigenvalue weighted by Crippen LogP contribution is -2.40. The van der Waals surface area contributed by atoms with E-state index in [1.165, 1.54) is 25.0 Å². The Kier molecular flexibility index (Phi) is 4.86. The van der Waals surface area contributed by atoms with Crippen LogP contribution in [0.2, 0.25) is 0 Å². The fraction of sp³-hybridized carbons (Fsp3) is 0.579. The third-order valence-electron chi connectivity index (χ3n) is 5.49. The molecule has 1 aliphatic carbocycles. The van der Waals surface area contributed by atoms with Crippen molar-refractivity contribution in [3.05, 3.63) is 35.5 Å². The van der Waals surface area contributed by atoms with E-state index in [4.69, 9.17) is 4.74 Å². The number of fused-ring (bicyclic) bond motifs is 1. The van der Waals surface area contributed by atoms with E-state index >= 15 is 0 Å². The number of nitrogens with zero attached hydrogens (tertiary/aromatic N) is 5. The third kappa shape index (κ3) is 3.43. The Bertz CT molecular complexity index is 768. The van der Waals surface area contributed by atoms with Crippen molar-refractivity contribution in [3.63, 3.8) is 0 Å². The summed E-state index contributed by atoms with van der Waals surface area (Å²) in [5.41, 5.74) is 3.22. The maximum absolute atomic E-state index is 12.9. The third-order valence-corrected chi connectivity index (χ3v) is 5.49. The van der Waals surface area contributed by atoms with Gasteiger partial charge in [-0.3, -0.25) is 14.5 Å². The Morgan fingerprint density at radius 1 is 1.27 bits per heavy atom. The molecule has 0 bridgehead atoms. The number of rotatable bonds is 4. The summed E-state index contributed by atoms with van der Waals surface area (Å²) in [5.74, 6) is 1.01. The summed E-state index contributed by atoms with van der Waals surface area (Å²) in [6.45, 7) is 1.76. The number of amides is 1. The average Bonchev–Trinajstić information content (AvgIpc) is 3.02. The maximum atomic E-state index is 12.9. The summed E-state index contributed by atoms with van der Waals surface area (Å²) in [7, 11) is 1.96. The molecule has 2 aromatic heterocycles. The predicted octanol–water partition coefficient (Wildman–Crippen LogP) is 2.25. The average molecular weight is 355 g/mol. The van der Waals surface area contributed by atoms with Crippen LogP contribution < -0.4 is 4.74 Å². The minimum atomic E-state index is 0.210. The largest absolute Gasteiger partial charge is 0.470 e. The van der Waals surface area contributed by atoms with Crippen molar-refractivity contribution in [2.75, 3.05) is 6.54 Å². The van der Waals surface area contributed by atoms with Gasteiger partial charge in [0.15, 0.2) is 0 Å². The monoisotopic (exact) mass is 355 g/mol. The molecule has 0 spiro atoms. The van der Waals surface area contributed by atoms with Crippen LogP contribution in [-0.2, 0) is 31.4 Å². The molecular weight excluding hydrogens is 330 g/mol. The molecule has 1 fully saturated rings. The topological polar surface area (TPSA) is 73.1 Å². The van der Waals surface area contributed by atoms with Crippen LogP contribution in [0.4, 0.5) is 0 Å². The van der Waals surface area contributed by atoms with Crippen LogP contribution in [0.25, 0.3) is 0 Å². The molecule has 0 radical (unpaired) electrons. The molecule has 0 unspecified atom stereocenters. The molecule has 1 amide bonds. The van der Waals surface area contributed by atoms with Gasteiger partial charge in [0.1, 0.15) is 12.3 Å². The zero-order valence-corrected chi connectivity index (χ0v) is 15.2.